The first-order chi connectivity index (χ1) is 18.0. The molecule has 0 unspecified atom stereocenters. The number of methoxy groups -OCH3 is 1. The molecule has 0 spiro atoms. The van der Waals surface area contributed by atoms with Crippen LogP contribution in [0.3, 0.4) is 0 Å². The highest BCUT2D eigenvalue weighted by atomic mass is 32.2. The first-order valence-corrected chi connectivity index (χ1v) is 14.6. The number of aliphatic carboxylic acids is 2. The Balaban J connectivity index is 2.12. The standard InChI is InChI=1S/C28H38N2O7S/c1-4-6-12-28(5-2)18-38(35,36)24-13-20(17-29-21(14-25(31)32)15-26(33)34)23(37-3)16-22(24)27(30-28)19-10-8-7-9-11-19/h7-11,13,16,21,27,29-30H,4-6,12,14-15,17-18H2,1-3H3,(H,31,32)(H,33,34)/t27-,28+/m1/s1. The van der Waals surface area contributed by atoms with Gasteiger partial charge in [0.2, 0.25) is 0 Å². The number of hydrogen-bond donors (Lipinski definition) is 4. The Hall–Kier alpha value is -2.95. The van der Waals surface area contributed by atoms with E-state index in [1.165, 1.54) is 7.11 Å². The molecule has 0 saturated carbocycles. The molecule has 1 heterocycles. The average Bonchev–Trinajstić information content (AvgIpc) is 2.97. The third-order valence-corrected chi connectivity index (χ3v) is 9.17. The largest absolute Gasteiger partial charge is 0.496 e. The molecule has 0 aromatic heterocycles. The van der Waals surface area contributed by atoms with Crippen LogP contribution >= 0.6 is 0 Å². The van der Waals surface area contributed by atoms with Gasteiger partial charge in [0.1, 0.15) is 5.75 Å². The Kier molecular flexibility index (Phi) is 9.92. The predicted octanol–water partition coefficient (Wildman–Crippen LogP) is 3.91. The number of nitrogens with one attached hydrogen (secondary N) is 2. The van der Waals surface area contributed by atoms with Gasteiger partial charge >= 0.3 is 11.9 Å². The molecule has 1 aliphatic heterocycles. The van der Waals surface area contributed by atoms with Crippen LogP contribution in [0.25, 0.3) is 0 Å². The Morgan fingerprint density at radius 3 is 2.34 bits per heavy atom. The van der Waals surface area contributed by atoms with E-state index in [0.717, 1.165) is 18.4 Å². The Morgan fingerprint density at radius 2 is 1.79 bits per heavy atom. The van der Waals surface area contributed by atoms with Gasteiger partial charge in [-0.05, 0) is 36.1 Å². The van der Waals surface area contributed by atoms with Gasteiger partial charge in [-0.15, -0.1) is 0 Å². The van der Waals surface area contributed by atoms with Crippen molar-refractivity contribution in [2.75, 3.05) is 12.9 Å². The molecule has 0 saturated heterocycles. The zero-order valence-electron chi connectivity index (χ0n) is 22.2. The molecule has 0 radical (unpaired) electrons. The maximum absolute atomic E-state index is 13.9. The van der Waals surface area contributed by atoms with E-state index >= 15 is 0 Å². The zero-order valence-corrected chi connectivity index (χ0v) is 23.0. The summed E-state index contributed by atoms with van der Waals surface area (Å²) >= 11 is 0. The number of unbranched alkanes of at least 4 members (excludes halogenated alkanes) is 1. The molecular weight excluding hydrogens is 508 g/mol. The van der Waals surface area contributed by atoms with E-state index in [2.05, 4.69) is 17.6 Å². The van der Waals surface area contributed by atoms with E-state index in [9.17, 15) is 28.2 Å². The fourth-order valence-electron chi connectivity index (χ4n) is 5.15. The minimum Gasteiger partial charge on any atom is -0.496 e. The highest BCUT2D eigenvalue weighted by Crippen LogP contribution is 2.40. The number of rotatable bonds is 13. The fraction of sp³-hybridized carbons (Fsp3) is 0.500. The second-order valence-electron chi connectivity index (χ2n) is 9.96. The van der Waals surface area contributed by atoms with Crippen LogP contribution in [0.5, 0.6) is 5.75 Å². The number of carboxylic acids is 2. The van der Waals surface area contributed by atoms with Crippen molar-refractivity contribution in [3.63, 3.8) is 0 Å². The molecule has 0 fully saturated rings. The van der Waals surface area contributed by atoms with Crippen molar-refractivity contribution in [3.8, 4) is 5.75 Å². The first-order valence-electron chi connectivity index (χ1n) is 13.0. The fourth-order valence-corrected chi connectivity index (χ4v) is 7.32. The van der Waals surface area contributed by atoms with Crippen molar-refractivity contribution in [1.29, 1.82) is 0 Å². The van der Waals surface area contributed by atoms with E-state index < -0.39 is 33.4 Å². The topological polar surface area (TPSA) is 142 Å². The summed E-state index contributed by atoms with van der Waals surface area (Å²) < 4.78 is 33.5. The van der Waals surface area contributed by atoms with E-state index in [1.54, 1.807) is 12.1 Å². The van der Waals surface area contributed by atoms with Gasteiger partial charge in [0.05, 0.1) is 36.6 Å². The third-order valence-electron chi connectivity index (χ3n) is 7.22. The molecule has 0 bridgehead atoms. The molecule has 208 valence electrons. The van der Waals surface area contributed by atoms with Gasteiger partial charge in [-0.1, -0.05) is 57.0 Å². The number of carboxylic acid groups (broad SMARTS) is 2. The van der Waals surface area contributed by atoms with Crippen molar-refractivity contribution in [3.05, 3.63) is 59.2 Å². The number of sulfone groups is 1. The molecule has 2 aromatic carbocycles. The Morgan fingerprint density at radius 1 is 1.13 bits per heavy atom. The minimum absolute atomic E-state index is 0.0489. The maximum atomic E-state index is 13.9. The van der Waals surface area contributed by atoms with Gasteiger partial charge in [-0.2, -0.15) is 0 Å². The number of hydrogen-bond acceptors (Lipinski definition) is 7. The summed E-state index contributed by atoms with van der Waals surface area (Å²) in [6, 6.07) is 11.8. The lowest BCUT2D eigenvalue weighted by atomic mass is 9.88. The summed E-state index contributed by atoms with van der Waals surface area (Å²) in [5.41, 5.74) is 1.43. The lowest BCUT2D eigenvalue weighted by Gasteiger charge is -2.36. The van der Waals surface area contributed by atoms with Gasteiger partial charge in [0, 0.05) is 23.7 Å². The molecule has 10 heteroatoms. The van der Waals surface area contributed by atoms with E-state index in [4.69, 9.17) is 4.74 Å². The molecule has 2 atom stereocenters. The molecule has 3 rings (SSSR count). The second kappa shape index (κ2) is 12.7. The van der Waals surface area contributed by atoms with Crippen LogP contribution in [0.4, 0.5) is 0 Å². The molecule has 38 heavy (non-hydrogen) atoms. The van der Waals surface area contributed by atoms with Crippen molar-refractivity contribution >= 4 is 21.8 Å². The quantitative estimate of drug-likeness (QED) is 0.294. The van der Waals surface area contributed by atoms with Crippen LogP contribution in [0, 0.1) is 0 Å². The number of carbonyl (C=O) groups is 2. The molecule has 2 aromatic rings. The summed E-state index contributed by atoms with van der Waals surface area (Å²) in [4.78, 5) is 22.7. The normalized spacial score (nSPS) is 20.5. The van der Waals surface area contributed by atoms with Gasteiger partial charge in [0.25, 0.3) is 0 Å². The van der Waals surface area contributed by atoms with Gasteiger partial charge in [0.15, 0.2) is 9.84 Å². The van der Waals surface area contributed by atoms with E-state index in [1.807, 2.05) is 37.3 Å². The molecule has 0 aliphatic carbocycles. The molecule has 4 N–H and O–H groups in total. The summed E-state index contributed by atoms with van der Waals surface area (Å²) in [5.74, 6) is -1.86. The van der Waals surface area contributed by atoms with E-state index in [-0.39, 0.29) is 36.1 Å². The van der Waals surface area contributed by atoms with Gasteiger partial charge in [-0.3, -0.25) is 14.9 Å². The Labute approximate surface area is 224 Å². The predicted molar refractivity (Wildman–Crippen MR) is 144 cm³/mol. The number of ether oxygens (including phenoxy) is 1. The van der Waals surface area contributed by atoms with Gasteiger partial charge in [-0.25, -0.2) is 8.42 Å². The van der Waals surface area contributed by atoms with Crippen molar-refractivity contribution in [2.24, 2.45) is 0 Å². The average molecular weight is 547 g/mol. The SMILES string of the molecule is CCCC[C@@]1(CC)CS(=O)(=O)c2cc(CNC(CC(=O)O)CC(=O)O)c(OC)cc2[C@@H](c2ccccc2)N1. The van der Waals surface area contributed by atoms with Crippen molar-refractivity contribution in [2.45, 2.75) is 81.4 Å². The number of benzene rings is 2. The van der Waals surface area contributed by atoms with Crippen LogP contribution in [0.15, 0.2) is 47.4 Å². The van der Waals surface area contributed by atoms with Crippen LogP contribution in [0.1, 0.15) is 75.1 Å². The monoisotopic (exact) mass is 546 g/mol. The third kappa shape index (κ3) is 7.12. The first kappa shape index (κ1) is 29.6. The molecule has 0 amide bonds. The lowest BCUT2D eigenvalue weighted by molar-refractivity contribution is -0.139. The van der Waals surface area contributed by atoms with Crippen LogP contribution in [0.2, 0.25) is 0 Å². The smallest absolute Gasteiger partial charge is 0.304 e. The maximum Gasteiger partial charge on any atom is 0.304 e. The van der Waals surface area contributed by atoms with E-state index in [0.29, 0.717) is 29.7 Å². The summed E-state index contributed by atoms with van der Waals surface area (Å²) in [5, 5.41) is 25.1. The van der Waals surface area contributed by atoms with Crippen molar-refractivity contribution in [1.82, 2.24) is 10.6 Å². The lowest BCUT2D eigenvalue weighted by Crippen LogP contribution is -2.50. The summed E-state index contributed by atoms with van der Waals surface area (Å²) in [6.07, 6.45) is 2.43. The number of fused-ring (bicyclic) bond motifs is 1. The van der Waals surface area contributed by atoms with Gasteiger partial charge < -0.3 is 20.3 Å². The second-order valence-corrected chi connectivity index (χ2v) is 11.9. The zero-order chi connectivity index (χ0) is 27.9. The summed E-state index contributed by atoms with van der Waals surface area (Å²) in [6.45, 7) is 4.15. The highest BCUT2D eigenvalue weighted by Gasteiger charge is 2.42. The van der Waals surface area contributed by atoms with Crippen molar-refractivity contribution < 1.29 is 33.0 Å². The molecular formula is C28H38N2O7S. The molecule has 1 aliphatic rings. The summed E-state index contributed by atoms with van der Waals surface area (Å²) in [7, 11) is -2.24. The molecule has 9 nitrogen and oxygen atoms in total. The highest BCUT2D eigenvalue weighted by molar-refractivity contribution is 7.91. The van der Waals surface area contributed by atoms with Crippen LogP contribution in [-0.4, -0.2) is 55.0 Å². The Bertz CT molecular complexity index is 1220. The van der Waals surface area contributed by atoms with Crippen LogP contribution in [-0.2, 0) is 26.0 Å². The minimum atomic E-state index is -3.73. The van der Waals surface area contributed by atoms with Crippen LogP contribution < -0.4 is 15.4 Å².